The number of methoxy groups -OCH3 is 1. The number of anilines is 1. The highest BCUT2D eigenvalue weighted by atomic mass is 32.1. The van der Waals surface area contributed by atoms with Gasteiger partial charge in [-0.1, -0.05) is 17.4 Å². The summed E-state index contributed by atoms with van der Waals surface area (Å²) in [5, 5.41) is 3.67. The molecule has 0 aliphatic carbocycles. The zero-order valence-electron chi connectivity index (χ0n) is 11.7. The minimum atomic E-state index is -0.480. The number of H-pyrrole nitrogens is 1. The normalized spacial score (nSPS) is 10.8. The third kappa shape index (κ3) is 2.33. The van der Waals surface area contributed by atoms with E-state index in [0.717, 1.165) is 5.39 Å². The van der Waals surface area contributed by atoms with Gasteiger partial charge in [0.2, 0.25) is 5.91 Å². The Bertz CT molecular complexity index is 973. The van der Waals surface area contributed by atoms with Gasteiger partial charge in [0, 0.05) is 12.3 Å². The van der Waals surface area contributed by atoms with Crippen LogP contribution in [0.1, 0.15) is 17.3 Å². The monoisotopic (exact) mass is 317 g/mol. The van der Waals surface area contributed by atoms with Crippen LogP contribution in [0, 0.1) is 0 Å². The molecule has 112 valence electrons. The van der Waals surface area contributed by atoms with Gasteiger partial charge in [0.1, 0.15) is 5.52 Å². The maximum absolute atomic E-state index is 12.1. The second-order valence-electron chi connectivity index (χ2n) is 4.58. The van der Waals surface area contributed by atoms with Crippen LogP contribution < -0.4 is 10.9 Å². The molecular weight excluding hydrogens is 306 g/mol. The van der Waals surface area contributed by atoms with Crippen molar-refractivity contribution < 1.29 is 14.3 Å². The van der Waals surface area contributed by atoms with Crippen molar-refractivity contribution in [3.05, 3.63) is 34.1 Å². The summed E-state index contributed by atoms with van der Waals surface area (Å²) < 4.78 is 5.31. The van der Waals surface area contributed by atoms with Crippen molar-refractivity contribution in [3.63, 3.8) is 0 Å². The minimum Gasteiger partial charge on any atom is -0.465 e. The number of aromatic amines is 1. The summed E-state index contributed by atoms with van der Waals surface area (Å²) in [4.78, 5) is 41.6. The summed E-state index contributed by atoms with van der Waals surface area (Å²) in [6, 6.07) is 4.89. The molecule has 7 nitrogen and oxygen atoms in total. The highest BCUT2D eigenvalue weighted by Gasteiger charge is 2.14. The number of nitrogens with one attached hydrogen (secondary N) is 2. The zero-order chi connectivity index (χ0) is 15.9. The molecule has 2 N–H and O–H groups in total. The predicted octanol–water partition coefficient (Wildman–Crippen LogP) is 1.88. The van der Waals surface area contributed by atoms with Gasteiger partial charge < -0.3 is 15.0 Å². The van der Waals surface area contributed by atoms with Crippen LogP contribution in [0.4, 0.5) is 5.13 Å². The number of carbonyl (C=O) groups excluding carboxylic acids is 2. The smallest absolute Gasteiger partial charge is 0.337 e. The zero-order valence-corrected chi connectivity index (χ0v) is 12.5. The molecule has 0 unspecified atom stereocenters. The van der Waals surface area contributed by atoms with E-state index in [9.17, 15) is 14.4 Å². The van der Waals surface area contributed by atoms with Crippen molar-refractivity contribution in [3.8, 4) is 0 Å². The summed E-state index contributed by atoms with van der Waals surface area (Å²) >= 11 is 1.21. The number of benzene rings is 1. The number of hydrogen-bond acceptors (Lipinski definition) is 6. The molecule has 1 amide bonds. The van der Waals surface area contributed by atoms with Crippen molar-refractivity contribution in [2.24, 2.45) is 0 Å². The number of aromatic nitrogens is 2. The van der Waals surface area contributed by atoms with Crippen LogP contribution in [0.15, 0.2) is 23.0 Å². The first kappa shape index (κ1) is 14.2. The van der Waals surface area contributed by atoms with Crippen LogP contribution in [0.3, 0.4) is 0 Å². The average Bonchev–Trinajstić information content (AvgIpc) is 2.89. The van der Waals surface area contributed by atoms with Gasteiger partial charge in [0.05, 0.1) is 22.9 Å². The lowest BCUT2D eigenvalue weighted by Crippen LogP contribution is -2.08. The molecule has 2 heterocycles. The highest BCUT2D eigenvalue weighted by Crippen LogP contribution is 2.30. The molecule has 3 aromatic rings. The number of pyridine rings is 1. The molecule has 2 aromatic heterocycles. The fourth-order valence-electron chi connectivity index (χ4n) is 2.13. The Kier molecular flexibility index (Phi) is 3.38. The Hall–Kier alpha value is -2.74. The lowest BCUT2D eigenvalue weighted by atomic mass is 10.1. The van der Waals surface area contributed by atoms with Gasteiger partial charge in [-0.25, -0.2) is 9.78 Å². The Morgan fingerprint density at radius 3 is 2.82 bits per heavy atom. The van der Waals surface area contributed by atoms with E-state index in [4.69, 9.17) is 0 Å². The second-order valence-corrected chi connectivity index (χ2v) is 5.58. The summed E-state index contributed by atoms with van der Waals surface area (Å²) in [7, 11) is 1.29. The topological polar surface area (TPSA) is 101 Å². The molecule has 0 radical (unpaired) electrons. The predicted molar refractivity (Wildman–Crippen MR) is 83.4 cm³/mol. The highest BCUT2D eigenvalue weighted by molar-refractivity contribution is 7.23. The minimum absolute atomic E-state index is 0.257. The van der Waals surface area contributed by atoms with Gasteiger partial charge in [-0.05, 0) is 12.1 Å². The maximum atomic E-state index is 12.1. The van der Waals surface area contributed by atoms with E-state index < -0.39 is 5.97 Å². The summed E-state index contributed by atoms with van der Waals surface area (Å²) in [5.41, 5.74) is 0.736. The summed E-state index contributed by atoms with van der Waals surface area (Å²) in [6.07, 6.45) is 0. The Balaban J connectivity index is 2.26. The molecule has 3 rings (SSSR count). The maximum Gasteiger partial charge on any atom is 0.337 e. The number of fused-ring (bicyclic) bond motifs is 3. The van der Waals surface area contributed by atoms with Gasteiger partial charge in [-0.3, -0.25) is 9.59 Å². The number of carbonyl (C=O) groups is 2. The molecule has 0 atom stereocenters. The number of rotatable bonds is 2. The first-order valence-electron chi connectivity index (χ1n) is 6.32. The number of esters is 1. The molecule has 1 aromatic carbocycles. The Morgan fingerprint density at radius 2 is 2.14 bits per heavy atom. The molecule has 0 spiro atoms. The van der Waals surface area contributed by atoms with E-state index in [2.05, 4.69) is 20.0 Å². The van der Waals surface area contributed by atoms with Crippen LogP contribution >= 0.6 is 11.3 Å². The molecule has 0 saturated carbocycles. The van der Waals surface area contributed by atoms with E-state index in [0.29, 0.717) is 20.9 Å². The van der Waals surface area contributed by atoms with Crippen molar-refractivity contribution in [1.29, 1.82) is 0 Å². The fourth-order valence-corrected chi connectivity index (χ4v) is 3.18. The standard InChI is InChI=1S/C14H11N3O4S/c1-6(18)15-14-17-10-11(22-14)8-4-3-7(13(20)21-2)5-9(8)16-12(10)19/h3-5H,1-2H3,(H,16,19)(H,15,17,18). The van der Waals surface area contributed by atoms with Gasteiger partial charge in [0.15, 0.2) is 5.13 Å². The molecule has 0 bridgehead atoms. The lowest BCUT2D eigenvalue weighted by Gasteiger charge is -2.02. The van der Waals surface area contributed by atoms with Crippen molar-refractivity contribution in [2.45, 2.75) is 6.92 Å². The Labute approximate surface area is 127 Å². The van der Waals surface area contributed by atoms with Gasteiger partial charge >= 0.3 is 5.97 Å². The molecule has 0 fully saturated rings. The van der Waals surface area contributed by atoms with Crippen molar-refractivity contribution >= 4 is 49.5 Å². The molecule has 0 saturated heterocycles. The van der Waals surface area contributed by atoms with E-state index in [1.807, 2.05) is 0 Å². The van der Waals surface area contributed by atoms with Crippen LogP contribution in [0.5, 0.6) is 0 Å². The SMILES string of the molecule is COC(=O)c1ccc2c(c1)[nH]c(=O)c1nc(NC(C)=O)sc12. The van der Waals surface area contributed by atoms with Crippen LogP contribution in [0.2, 0.25) is 0 Å². The number of ether oxygens (including phenoxy) is 1. The van der Waals surface area contributed by atoms with E-state index in [1.165, 1.54) is 25.4 Å². The largest absolute Gasteiger partial charge is 0.465 e. The number of hydrogen-bond donors (Lipinski definition) is 2. The third-order valence-corrected chi connectivity index (χ3v) is 4.06. The van der Waals surface area contributed by atoms with Gasteiger partial charge in [0.25, 0.3) is 5.56 Å². The van der Waals surface area contributed by atoms with Crippen molar-refractivity contribution in [1.82, 2.24) is 9.97 Å². The molecule has 8 heteroatoms. The molecule has 22 heavy (non-hydrogen) atoms. The lowest BCUT2D eigenvalue weighted by molar-refractivity contribution is -0.114. The fraction of sp³-hybridized carbons (Fsp3) is 0.143. The Morgan fingerprint density at radius 1 is 1.36 bits per heavy atom. The van der Waals surface area contributed by atoms with Gasteiger partial charge in [-0.2, -0.15) is 0 Å². The second kappa shape index (κ2) is 5.23. The number of thiazole rings is 1. The van der Waals surface area contributed by atoms with Crippen molar-refractivity contribution in [2.75, 3.05) is 12.4 Å². The van der Waals surface area contributed by atoms with Gasteiger partial charge in [-0.15, -0.1) is 0 Å². The average molecular weight is 317 g/mol. The van der Waals surface area contributed by atoms with E-state index in [1.54, 1.807) is 18.2 Å². The first-order valence-corrected chi connectivity index (χ1v) is 7.13. The van der Waals surface area contributed by atoms with E-state index >= 15 is 0 Å². The summed E-state index contributed by atoms with van der Waals surface area (Å²) in [5.74, 6) is -0.737. The van der Waals surface area contributed by atoms with E-state index in [-0.39, 0.29) is 17.0 Å². The number of amides is 1. The molecule has 0 aliphatic rings. The number of nitrogens with zero attached hydrogens (tertiary/aromatic N) is 1. The quantitative estimate of drug-likeness (QED) is 0.703. The van der Waals surface area contributed by atoms with Crippen LogP contribution in [-0.4, -0.2) is 29.0 Å². The summed E-state index contributed by atoms with van der Waals surface area (Å²) in [6.45, 7) is 1.37. The van der Waals surface area contributed by atoms with Crippen LogP contribution in [0.25, 0.3) is 21.1 Å². The molecule has 0 aliphatic heterocycles. The first-order chi connectivity index (χ1) is 10.5. The molecular formula is C14H11N3O4S. The third-order valence-electron chi connectivity index (χ3n) is 3.06. The van der Waals surface area contributed by atoms with Crippen LogP contribution in [-0.2, 0) is 9.53 Å².